The molecule has 6 heteroatoms. The number of nitriles is 3. The third kappa shape index (κ3) is 9.47. The predicted octanol–water partition coefficient (Wildman–Crippen LogP) is 7.61. The number of allylic oxidation sites excluding steroid dienone is 4. The first-order chi connectivity index (χ1) is 21.8. The number of nitrogens with zero attached hydrogens (tertiary/aromatic N) is 5. The van der Waals surface area contributed by atoms with Crippen LogP contribution in [0, 0.1) is 81.0 Å². The first kappa shape index (κ1) is 36.6. The molecule has 0 heterocycles. The largest absolute Gasteiger partial charge is 0.378 e. The fourth-order valence-electron chi connectivity index (χ4n) is 5.28. The SMILES string of the molecule is CC(C)[Si](C#CC(C#CC(C#N)=C(C#N)C#N)=C(C#Cc1ccc(N(C)C)cc1)C#Cc1ccc(N(C)C)cc1)(C(C)C)C(C)C. The highest BCUT2D eigenvalue weighted by Crippen LogP contribution is 2.40. The monoisotopic (exact) mass is 619 g/mol. The van der Waals surface area contributed by atoms with Crippen LogP contribution in [-0.4, -0.2) is 36.3 Å². The van der Waals surface area contributed by atoms with Crippen LogP contribution in [0.2, 0.25) is 16.6 Å². The minimum atomic E-state index is -2.19. The lowest BCUT2D eigenvalue weighted by Crippen LogP contribution is -2.43. The molecule has 0 spiro atoms. The molecule has 0 saturated heterocycles. The highest BCUT2D eigenvalue weighted by molar-refractivity contribution is 6.90. The third-order valence-electron chi connectivity index (χ3n) is 7.85. The summed E-state index contributed by atoms with van der Waals surface area (Å²) < 4.78 is 0. The minimum absolute atomic E-state index is 0.219. The molecular formula is C40H41N5Si. The van der Waals surface area contributed by atoms with Crippen molar-refractivity contribution in [2.75, 3.05) is 38.0 Å². The molecule has 46 heavy (non-hydrogen) atoms. The highest BCUT2D eigenvalue weighted by atomic mass is 28.3. The summed E-state index contributed by atoms with van der Waals surface area (Å²) in [6, 6.07) is 21.2. The van der Waals surface area contributed by atoms with E-state index in [2.05, 4.69) is 88.5 Å². The van der Waals surface area contributed by atoms with Crippen molar-refractivity contribution in [3.63, 3.8) is 0 Å². The Labute approximate surface area is 277 Å². The van der Waals surface area contributed by atoms with E-state index in [1.165, 1.54) is 0 Å². The first-order valence-corrected chi connectivity index (χ1v) is 17.4. The zero-order valence-corrected chi connectivity index (χ0v) is 29.6. The van der Waals surface area contributed by atoms with Crippen molar-refractivity contribution in [2.24, 2.45) is 0 Å². The van der Waals surface area contributed by atoms with Crippen LogP contribution < -0.4 is 9.80 Å². The molecule has 2 aromatic carbocycles. The van der Waals surface area contributed by atoms with Gasteiger partial charge in [-0.1, -0.05) is 71.1 Å². The van der Waals surface area contributed by atoms with Crippen LogP contribution in [0.4, 0.5) is 11.4 Å². The van der Waals surface area contributed by atoms with Crippen molar-refractivity contribution in [3.05, 3.63) is 82.0 Å². The van der Waals surface area contributed by atoms with E-state index in [0.29, 0.717) is 27.8 Å². The Morgan fingerprint density at radius 3 is 1.17 bits per heavy atom. The van der Waals surface area contributed by atoms with Gasteiger partial charge >= 0.3 is 0 Å². The van der Waals surface area contributed by atoms with Crippen LogP contribution in [0.3, 0.4) is 0 Å². The van der Waals surface area contributed by atoms with Crippen molar-refractivity contribution in [2.45, 2.75) is 58.2 Å². The predicted molar refractivity (Wildman–Crippen MR) is 193 cm³/mol. The third-order valence-corrected chi connectivity index (χ3v) is 14.1. The van der Waals surface area contributed by atoms with Gasteiger partial charge in [0.05, 0.1) is 11.1 Å². The summed E-state index contributed by atoms with van der Waals surface area (Å²) >= 11 is 0. The molecule has 0 amide bonds. The van der Waals surface area contributed by atoms with Crippen molar-refractivity contribution < 1.29 is 0 Å². The van der Waals surface area contributed by atoms with E-state index in [1.807, 2.05) is 92.6 Å². The molecule has 230 valence electrons. The summed E-state index contributed by atoms with van der Waals surface area (Å²) in [6.45, 7) is 13.4. The van der Waals surface area contributed by atoms with E-state index < -0.39 is 8.07 Å². The van der Waals surface area contributed by atoms with E-state index >= 15 is 0 Å². The molecule has 0 bridgehead atoms. The Hall–Kier alpha value is -5.55. The van der Waals surface area contributed by atoms with Gasteiger partial charge in [-0.2, -0.15) is 15.8 Å². The fourth-order valence-corrected chi connectivity index (χ4v) is 10.5. The molecule has 0 aromatic heterocycles. The highest BCUT2D eigenvalue weighted by Gasteiger charge is 2.41. The maximum Gasteiger partial charge on any atom is 0.155 e. The maximum atomic E-state index is 9.69. The molecule has 0 fully saturated rings. The average Bonchev–Trinajstić information content (AvgIpc) is 3.02. The van der Waals surface area contributed by atoms with E-state index in [9.17, 15) is 15.8 Å². The molecule has 0 atom stereocenters. The average molecular weight is 620 g/mol. The van der Waals surface area contributed by atoms with Crippen molar-refractivity contribution >= 4 is 19.4 Å². The Morgan fingerprint density at radius 2 is 0.848 bits per heavy atom. The molecule has 0 aliphatic heterocycles. The molecule has 0 unspecified atom stereocenters. The molecule has 0 aliphatic carbocycles. The van der Waals surface area contributed by atoms with Crippen molar-refractivity contribution in [1.82, 2.24) is 0 Å². The number of benzene rings is 2. The van der Waals surface area contributed by atoms with Crippen LogP contribution in [0.1, 0.15) is 52.7 Å². The topological polar surface area (TPSA) is 77.8 Å². The van der Waals surface area contributed by atoms with E-state index in [4.69, 9.17) is 0 Å². The number of hydrogen-bond acceptors (Lipinski definition) is 5. The maximum absolute atomic E-state index is 9.69. The van der Waals surface area contributed by atoms with Gasteiger partial charge in [0.15, 0.2) is 5.57 Å². The lowest BCUT2D eigenvalue weighted by molar-refractivity contribution is 0.838. The second-order valence-electron chi connectivity index (χ2n) is 12.1. The Balaban J connectivity index is 3.03. The Bertz CT molecular complexity index is 1740. The van der Waals surface area contributed by atoms with Gasteiger partial charge in [-0.25, -0.2) is 0 Å². The molecule has 5 nitrogen and oxygen atoms in total. The van der Waals surface area contributed by atoms with Gasteiger partial charge in [-0.3, -0.25) is 0 Å². The lowest BCUT2D eigenvalue weighted by Gasteiger charge is -2.38. The Kier molecular flexibility index (Phi) is 13.6. The number of anilines is 2. The second-order valence-corrected chi connectivity index (χ2v) is 17.7. The van der Waals surface area contributed by atoms with Crippen LogP contribution in [0.25, 0.3) is 0 Å². The van der Waals surface area contributed by atoms with Crippen LogP contribution in [-0.2, 0) is 0 Å². The summed E-state index contributed by atoms with van der Waals surface area (Å²) in [5.74, 6) is 22.0. The van der Waals surface area contributed by atoms with Crippen LogP contribution in [0.5, 0.6) is 0 Å². The lowest BCUT2D eigenvalue weighted by atomic mass is 10.1. The summed E-state index contributed by atoms with van der Waals surface area (Å²) in [4.78, 5) is 4.04. The van der Waals surface area contributed by atoms with Crippen molar-refractivity contribution in [3.8, 4) is 65.2 Å². The molecule has 0 saturated carbocycles. The van der Waals surface area contributed by atoms with E-state index in [-0.39, 0.29) is 11.1 Å². The fraction of sp³-hybridized carbons (Fsp3) is 0.325. The first-order valence-electron chi connectivity index (χ1n) is 15.1. The summed E-state index contributed by atoms with van der Waals surface area (Å²) in [7, 11) is 5.73. The van der Waals surface area contributed by atoms with Gasteiger partial charge in [0.2, 0.25) is 0 Å². The molecule has 2 rings (SSSR count). The standard InChI is InChI=1S/C40H41N5Si/c1-30(2)46(31(3)4,32(5)6)26-25-36(19-20-37(27-41)38(28-42)29-43)35(17-11-33-13-21-39(22-14-33)44(7)8)18-12-34-15-23-40(24-16-34)45(9)10/h13-16,21-24,30-32H,1-10H3. The summed E-state index contributed by atoms with van der Waals surface area (Å²) in [5, 5.41) is 28.5. The normalized spacial score (nSPS) is 9.78. The second kappa shape index (κ2) is 17.1. The molecule has 0 aliphatic rings. The quantitative estimate of drug-likeness (QED) is 0.196. The Morgan fingerprint density at radius 1 is 0.500 bits per heavy atom. The van der Waals surface area contributed by atoms with Gasteiger partial charge in [0, 0.05) is 50.7 Å². The van der Waals surface area contributed by atoms with E-state index in [1.54, 1.807) is 12.1 Å². The smallest absolute Gasteiger partial charge is 0.155 e. The van der Waals surface area contributed by atoms with Gasteiger partial charge in [-0.05, 0) is 77.0 Å². The molecule has 0 N–H and O–H groups in total. The molecule has 2 aromatic rings. The van der Waals surface area contributed by atoms with Gasteiger partial charge < -0.3 is 9.80 Å². The number of rotatable bonds is 5. The van der Waals surface area contributed by atoms with Crippen molar-refractivity contribution in [1.29, 1.82) is 15.8 Å². The zero-order valence-electron chi connectivity index (χ0n) is 28.6. The van der Waals surface area contributed by atoms with Crippen LogP contribution in [0.15, 0.2) is 70.8 Å². The molecular weight excluding hydrogens is 579 g/mol. The summed E-state index contributed by atoms with van der Waals surface area (Å²) in [5.41, 5.74) is 8.71. The number of hydrogen-bond donors (Lipinski definition) is 0. The van der Waals surface area contributed by atoms with Gasteiger partial charge in [-0.15, -0.1) is 5.54 Å². The van der Waals surface area contributed by atoms with E-state index in [0.717, 1.165) is 22.5 Å². The van der Waals surface area contributed by atoms with Crippen LogP contribution >= 0.6 is 0 Å². The zero-order chi connectivity index (χ0) is 34.4. The van der Waals surface area contributed by atoms with Gasteiger partial charge in [0.1, 0.15) is 31.9 Å². The summed E-state index contributed by atoms with van der Waals surface area (Å²) in [6.07, 6.45) is 0. The van der Waals surface area contributed by atoms with Gasteiger partial charge in [0.25, 0.3) is 0 Å². The minimum Gasteiger partial charge on any atom is -0.378 e. The molecule has 0 radical (unpaired) electrons.